The summed E-state index contributed by atoms with van der Waals surface area (Å²) in [5.74, 6) is 1.41. The molecule has 2 nitrogen and oxygen atoms in total. The second-order valence-electron chi connectivity index (χ2n) is 6.09. The van der Waals surface area contributed by atoms with Crippen LogP contribution >= 0.6 is 0 Å². The standard InChI is InChI=1S/C18H25N2/c1-14-18(16-10-6-4-7-11-16)20(15(2)19(14)3)17-12-8-5-9-13-17/h4,6-8,10-12,14,17-18H,5,9,13H2,1-3H3/q+1/t14-,17-,18-/m0/s1. The molecule has 1 aliphatic carbocycles. The van der Waals surface area contributed by atoms with Gasteiger partial charge in [-0.15, -0.1) is 0 Å². The Bertz CT molecular complexity index is 530. The van der Waals surface area contributed by atoms with Crippen molar-refractivity contribution in [1.82, 2.24) is 4.90 Å². The Kier molecular flexibility index (Phi) is 3.64. The van der Waals surface area contributed by atoms with Crippen molar-refractivity contribution < 1.29 is 4.58 Å². The fourth-order valence-corrected chi connectivity index (χ4v) is 3.68. The highest BCUT2D eigenvalue weighted by Crippen LogP contribution is 2.33. The minimum atomic E-state index is 0.467. The van der Waals surface area contributed by atoms with Gasteiger partial charge in [0.1, 0.15) is 12.1 Å². The van der Waals surface area contributed by atoms with E-state index in [9.17, 15) is 0 Å². The Morgan fingerprint density at radius 2 is 1.95 bits per heavy atom. The van der Waals surface area contributed by atoms with Crippen molar-refractivity contribution >= 4 is 5.84 Å². The second kappa shape index (κ2) is 5.43. The summed E-state index contributed by atoms with van der Waals surface area (Å²) in [5, 5.41) is 0. The summed E-state index contributed by atoms with van der Waals surface area (Å²) >= 11 is 0. The SMILES string of the molecule is CC1=[N+]([C@H]2C=CCCC2)[C@H](c2ccccc2)[C@H](C)N1C. The second-order valence-corrected chi connectivity index (χ2v) is 6.09. The third-order valence-corrected chi connectivity index (χ3v) is 4.98. The van der Waals surface area contributed by atoms with E-state index in [-0.39, 0.29) is 0 Å². The van der Waals surface area contributed by atoms with Crippen LogP contribution in [-0.4, -0.2) is 34.4 Å². The quantitative estimate of drug-likeness (QED) is 0.587. The van der Waals surface area contributed by atoms with Gasteiger partial charge in [-0.2, -0.15) is 0 Å². The van der Waals surface area contributed by atoms with E-state index in [1.807, 2.05) is 0 Å². The molecule has 2 aliphatic rings. The van der Waals surface area contributed by atoms with Crippen LogP contribution in [0.5, 0.6) is 0 Å². The first kappa shape index (κ1) is 13.4. The molecule has 0 spiro atoms. The van der Waals surface area contributed by atoms with Crippen molar-refractivity contribution in [3.8, 4) is 0 Å². The number of rotatable bonds is 2. The van der Waals surface area contributed by atoms with Crippen LogP contribution < -0.4 is 0 Å². The molecule has 106 valence electrons. The summed E-state index contributed by atoms with van der Waals surface area (Å²) in [5.41, 5.74) is 1.43. The maximum absolute atomic E-state index is 2.63. The highest BCUT2D eigenvalue weighted by atomic mass is 15.3. The van der Waals surface area contributed by atoms with E-state index >= 15 is 0 Å². The number of hydrogen-bond donors (Lipinski definition) is 0. The highest BCUT2D eigenvalue weighted by molar-refractivity contribution is 5.76. The molecule has 0 bridgehead atoms. The Balaban J connectivity index is 2.02. The summed E-state index contributed by atoms with van der Waals surface area (Å²) in [4.78, 5) is 2.43. The van der Waals surface area contributed by atoms with Crippen LogP contribution in [0, 0.1) is 0 Å². The van der Waals surface area contributed by atoms with Gasteiger partial charge in [-0.1, -0.05) is 36.4 Å². The lowest BCUT2D eigenvalue weighted by atomic mass is 9.96. The van der Waals surface area contributed by atoms with Gasteiger partial charge in [0.15, 0.2) is 6.04 Å². The third-order valence-electron chi connectivity index (χ3n) is 4.98. The first-order chi connectivity index (χ1) is 9.70. The summed E-state index contributed by atoms with van der Waals surface area (Å²) in [7, 11) is 2.22. The van der Waals surface area contributed by atoms with Gasteiger partial charge in [-0.25, -0.2) is 4.58 Å². The van der Waals surface area contributed by atoms with Crippen LogP contribution in [0.4, 0.5) is 0 Å². The van der Waals surface area contributed by atoms with Crippen LogP contribution in [-0.2, 0) is 0 Å². The molecule has 0 amide bonds. The Hall–Kier alpha value is -1.57. The minimum Gasteiger partial charge on any atom is -0.262 e. The smallest absolute Gasteiger partial charge is 0.244 e. The number of allylic oxidation sites excluding steroid dienone is 1. The summed E-state index contributed by atoms with van der Waals surface area (Å²) in [6, 6.07) is 12.5. The number of amidine groups is 1. The lowest BCUT2D eigenvalue weighted by molar-refractivity contribution is -0.592. The predicted molar refractivity (Wildman–Crippen MR) is 84.1 cm³/mol. The van der Waals surface area contributed by atoms with Gasteiger partial charge in [0.05, 0.1) is 7.05 Å². The number of hydrogen-bond acceptors (Lipinski definition) is 1. The molecule has 0 N–H and O–H groups in total. The zero-order chi connectivity index (χ0) is 14.1. The molecule has 1 aliphatic heterocycles. The molecule has 1 heterocycles. The molecular weight excluding hydrogens is 244 g/mol. The van der Waals surface area contributed by atoms with Crippen molar-refractivity contribution in [1.29, 1.82) is 0 Å². The van der Waals surface area contributed by atoms with Gasteiger partial charge in [-0.05, 0) is 32.3 Å². The van der Waals surface area contributed by atoms with Gasteiger partial charge in [0.25, 0.3) is 0 Å². The van der Waals surface area contributed by atoms with E-state index in [4.69, 9.17) is 0 Å². The lowest BCUT2D eigenvalue weighted by Crippen LogP contribution is -2.31. The van der Waals surface area contributed by atoms with E-state index in [1.165, 1.54) is 30.7 Å². The van der Waals surface area contributed by atoms with E-state index < -0.39 is 0 Å². The number of nitrogens with zero attached hydrogens (tertiary/aromatic N) is 2. The topological polar surface area (TPSA) is 6.25 Å². The molecule has 0 radical (unpaired) electrons. The molecule has 3 rings (SSSR count). The van der Waals surface area contributed by atoms with Crippen LogP contribution in [0.15, 0.2) is 42.5 Å². The van der Waals surface area contributed by atoms with Gasteiger partial charge in [0.2, 0.25) is 5.84 Å². The van der Waals surface area contributed by atoms with Crippen LogP contribution in [0.3, 0.4) is 0 Å². The largest absolute Gasteiger partial charge is 0.262 e. The van der Waals surface area contributed by atoms with Crippen LogP contribution in [0.25, 0.3) is 0 Å². The fourth-order valence-electron chi connectivity index (χ4n) is 3.68. The van der Waals surface area contributed by atoms with Crippen molar-refractivity contribution in [2.75, 3.05) is 7.05 Å². The zero-order valence-corrected chi connectivity index (χ0v) is 12.8. The molecule has 0 unspecified atom stereocenters. The average molecular weight is 269 g/mol. The summed E-state index contributed by atoms with van der Waals surface area (Å²) in [6.45, 7) is 4.61. The van der Waals surface area contributed by atoms with Gasteiger partial charge < -0.3 is 0 Å². The van der Waals surface area contributed by atoms with Crippen molar-refractivity contribution in [3.63, 3.8) is 0 Å². The minimum absolute atomic E-state index is 0.467. The zero-order valence-electron chi connectivity index (χ0n) is 12.8. The molecule has 1 aromatic carbocycles. The van der Waals surface area contributed by atoms with Crippen molar-refractivity contribution in [3.05, 3.63) is 48.0 Å². The first-order valence-corrected chi connectivity index (χ1v) is 7.76. The maximum Gasteiger partial charge on any atom is 0.244 e. The average Bonchev–Trinajstić information content (AvgIpc) is 2.73. The molecule has 0 fully saturated rings. The van der Waals surface area contributed by atoms with E-state index in [0.29, 0.717) is 18.1 Å². The maximum atomic E-state index is 2.63. The van der Waals surface area contributed by atoms with E-state index in [2.05, 4.69) is 72.9 Å². The van der Waals surface area contributed by atoms with E-state index in [0.717, 1.165) is 0 Å². The molecule has 0 aromatic heterocycles. The van der Waals surface area contributed by atoms with Crippen molar-refractivity contribution in [2.24, 2.45) is 0 Å². The van der Waals surface area contributed by atoms with Gasteiger partial charge >= 0.3 is 0 Å². The van der Waals surface area contributed by atoms with Gasteiger partial charge in [-0.3, -0.25) is 4.90 Å². The lowest BCUT2D eigenvalue weighted by Gasteiger charge is -2.24. The Morgan fingerprint density at radius 1 is 1.20 bits per heavy atom. The fraction of sp³-hybridized carbons (Fsp3) is 0.500. The predicted octanol–water partition coefficient (Wildman–Crippen LogP) is 3.60. The molecule has 20 heavy (non-hydrogen) atoms. The molecule has 0 saturated heterocycles. The molecule has 0 saturated carbocycles. The molecule has 3 atom stereocenters. The normalized spacial score (nSPS) is 30.1. The highest BCUT2D eigenvalue weighted by Gasteiger charge is 2.44. The summed E-state index contributed by atoms with van der Waals surface area (Å²) in [6.07, 6.45) is 8.59. The molecule has 1 aromatic rings. The van der Waals surface area contributed by atoms with E-state index in [1.54, 1.807) is 0 Å². The molecular formula is C18H25N2+. The summed E-state index contributed by atoms with van der Waals surface area (Å²) < 4.78 is 2.63. The Morgan fingerprint density at radius 3 is 2.60 bits per heavy atom. The monoisotopic (exact) mass is 269 g/mol. The van der Waals surface area contributed by atoms with Crippen molar-refractivity contribution in [2.45, 2.75) is 51.2 Å². The van der Waals surface area contributed by atoms with Crippen LogP contribution in [0.1, 0.15) is 44.7 Å². The Labute approximate surface area is 122 Å². The molecule has 2 heteroatoms. The number of benzene rings is 1. The van der Waals surface area contributed by atoms with Gasteiger partial charge in [0, 0.05) is 12.5 Å². The first-order valence-electron chi connectivity index (χ1n) is 7.76. The van der Waals surface area contributed by atoms with Crippen LogP contribution in [0.2, 0.25) is 0 Å². The third kappa shape index (κ3) is 2.17. The number of likely N-dealkylation sites (N-methyl/N-ethyl adjacent to an activating group) is 1.